The molecular formula is C16H16O. The molecule has 0 radical (unpaired) electrons. The lowest BCUT2D eigenvalue weighted by Gasteiger charge is -2.08. The van der Waals surface area contributed by atoms with Gasteiger partial charge >= 0.3 is 0 Å². The molecule has 17 heavy (non-hydrogen) atoms. The second kappa shape index (κ2) is 4.10. The average Bonchev–Trinajstić information content (AvgIpc) is 2.29. The maximum Gasteiger partial charge on any atom is 0.131 e. The number of aryl methyl sites for hydroxylation is 1. The third kappa shape index (κ3) is 1.64. The zero-order valence-electron chi connectivity index (χ0n) is 9.07. The van der Waals surface area contributed by atoms with Gasteiger partial charge in [0.25, 0.3) is 0 Å². The van der Waals surface area contributed by atoms with Gasteiger partial charge in [0.1, 0.15) is 5.75 Å². The van der Waals surface area contributed by atoms with Gasteiger partial charge in [-0.15, -0.1) is 0 Å². The molecule has 0 unspecified atom stereocenters. The number of hydrogen-bond acceptors (Lipinski definition) is 1. The highest BCUT2D eigenvalue weighted by atomic mass is 16.3. The Labute approximate surface area is 101 Å². The van der Waals surface area contributed by atoms with Gasteiger partial charge in [-0.2, -0.15) is 0 Å². The van der Waals surface area contributed by atoms with E-state index in [0.29, 0.717) is 5.75 Å². The normalized spacial score (nSPS) is 10.4. The Kier molecular flexibility index (Phi) is 2.76. The number of phenols is 1. The van der Waals surface area contributed by atoms with Crippen LogP contribution in [0.5, 0.6) is 5.75 Å². The minimum Gasteiger partial charge on any atom is -0.507 e. The Morgan fingerprint density at radius 3 is 2.41 bits per heavy atom. The van der Waals surface area contributed by atoms with Crippen LogP contribution in [0.1, 0.15) is 13.0 Å². The van der Waals surface area contributed by atoms with Gasteiger partial charge < -0.3 is 5.11 Å². The van der Waals surface area contributed by atoms with E-state index in [2.05, 4.69) is 6.07 Å². The number of aromatic hydroxyl groups is 1. The van der Waals surface area contributed by atoms with Crippen LogP contribution in [0.3, 0.4) is 0 Å². The van der Waals surface area contributed by atoms with Crippen molar-refractivity contribution in [2.75, 3.05) is 0 Å². The predicted molar refractivity (Wildman–Crippen MR) is 74.6 cm³/mol. The van der Waals surface area contributed by atoms with Crippen LogP contribution >= 0.6 is 0 Å². The lowest BCUT2D eigenvalue weighted by atomic mass is 9.99. The molecule has 1 N–H and O–H groups in total. The zero-order valence-corrected chi connectivity index (χ0v) is 9.07. The minimum atomic E-state index is 0. The van der Waals surface area contributed by atoms with Crippen molar-refractivity contribution in [2.24, 2.45) is 0 Å². The molecule has 0 heterocycles. The topological polar surface area (TPSA) is 20.2 Å². The van der Waals surface area contributed by atoms with E-state index in [4.69, 9.17) is 0 Å². The summed E-state index contributed by atoms with van der Waals surface area (Å²) in [5.41, 5.74) is 1.11. The molecule has 0 saturated carbocycles. The lowest BCUT2D eigenvalue weighted by Crippen LogP contribution is -1.81. The number of rotatable bonds is 0. The second-order valence-electron chi connectivity index (χ2n) is 4.12. The van der Waals surface area contributed by atoms with Crippen molar-refractivity contribution in [2.45, 2.75) is 14.4 Å². The van der Waals surface area contributed by atoms with Crippen LogP contribution in [0.25, 0.3) is 21.5 Å². The molecular weight excluding hydrogens is 208 g/mol. The highest BCUT2D eigenvalue weighted by Gasteiger charge is 2.07. The fourth-order valence-electron chi connectivity index (χ4n) is 2.27. The van der Waals surface area contributed by atoms with Crippen molar-refractivity contribution in [3.8, 4) is 5.75 Å². The zero-order chi connectivity index (χ0) is 11.1. The fourth-order valence-corrected chi connectivity index (χ4v) is 2.27. The molecule has 3 aromatic rings. The molecule has 0 aliphatic rings. The first-order chi connectivity index (χ1) is 7.77. The first-order valence-corrected chi connectivity index (χ1v) is 5.37. The Balaban J connectivity index is 0.00000108. The van der Waals surface area contributed by atoms with Crippen molar-refractivity contribution in [1.82, 2.24) is 0 Å². The quantitative estimate of drug-likeness (QED) is 0.551. The Morgan fingerprint density at radius 2 is 1.59 bits per heavy atom. The minimum absolute atomic E-state index is 0. The largest absolute Gasteiger partial charge is 0.507 e. The summed E-state index contributed by atoms with van der Waals surface area (Å²) in [6, 6.07) is 16.1. The van der Waals surface area contributed by atoms with E-state index < -0.39 is 0 Å². The number of benzene rings is 3. The molecule has 0 atom stereocenters. The first-order valence-electron chi connectivity index (χ1n) is 5.37. The summed E-state index contributed by atoms with van der Waals surface area (Å²) in [7, 11) is 0. The summed E-state index contributed by atoms with van der Waals surface area (Å²) in [4.78, 5) is 0. The van der Waals surface area contributed by atoms with Crippen LogP contribution in [0, 0.1) is 6.92 Å². The maximum absolute atomic E-state index is 10.3. The standard InChI is InChI=1S/C15H12O.CH4/c1-10-5-4-7-12-9-11-6-2-3-8-13(11)15(16)14(10)12;/h2-9,16H,1H3;1H4. The molecule has 3 rings (SSSR count). The highest BCUT2D eigenvalue weighted by molar-refractivity contribution is 6.06. The van der Waals surface area contributed by atoms with Crippen LogP contribution in [-0.2, 0) is 0 Å². The molecule has 0 spiro atoms. The Bertz CT molecular complexity index is 683. The summed E-state index contributed by atoms with van der Waals surface area (Å²) in [6.07, 6.45) is 0. The van der Waals surface area contributed by atoms with Crippen molar-refractivity contribution < 1.29 is 5.11 Å². The van der Waals surface area contributed by atoms with Gasteiger partial charge in [0.15, 0.2) is 0 Å². The van der Waals surface area contributed by atoms with Crippen molar-refractivity contribution in [3.05, 3.63) is 54.1 Å². The van der Waals surface area contributed by atoms with Crippen LogP contribution < -0.4 is 0 Å². The lowest BCUT2D eigenvalue weighted by molar-refractivity contribution is 0.487. The third-order valence-corrected chi connectivity index (χ3v) is 3.07. The maximum atomic E-state index is 10.3. The van der Waals surface area contributed by atoms with Gasteiger partial charge in [-0.25, -0.2) is 0 Å². The molecule has 0 saturated heterocycles. The van der Waals surface area contributed by atoms with Gasteiger partial charge in [-0.3, -0.25) is 0 Å². The average molecular weight is 224 g/mol. The molecule has 0 bridgehead atoms. The monoisotopic (exact) mass is 224 g/mol. The van der Waals surface area contributed by atoms with Crippen molar-refractivity contribution in [3.63, 3.8) is 0 Å². The number of hydrogen-bond donors (Lipinski definition) is 1. The number of fused-ring (bicyclic) bond motifs is 2. The third-order valence-electron chi connectivity index (χ3n) is 3.07. The number of phenolic OH excluding ortho intramolecular Hbond substituents is 1. The molecule has 86 valence electrons. The Hall–Kier alpha value is -2.02. The van der Waals surface area contributed by atoms with Gasteiger partial charge in [-0.05, 0) is 29.3 Å². The van der Waals surface area contributed by atoms with Gasteiger partial charge in [-0.1, -0.05) is 49.9 Å². The summed E-state index contributed by atoms with van der Waals surface area (Å²) in [6.45, 7) is 2.02. The molecule has 0 fully saturated rings. The predicted octanol–water partition coefficient (Wildman–Crippen LogP) is 4.64. The summed E-state index contributed by atoms with van der Waals surface area (Å²) < 4.78 is 0. The molecule has 0 aliphatic heterocycles. The first kappa shape index (κ1) is 11.5. The van der Waals surface area contributed by atoms with E-state index in [-0.39, 0.29) is 7.43 Å². The molecule has 0 aliphatic carbocycles. The summed E-state index contributed by atoms with van der Waals surface area (Å²) >= 11 is 0. The molecule has 3 aromatic carbocycles. The van der Waals surface area contributed by atoms with Crippen molar-refractivity contribution in [1.29, 1.82) is 0 Å². The van der Waals surface area contributed by atoms with E-state index in [0.717, 1.165) is 27.1 Å². The molecule has 1 heteroatoms. The van der Waals surface area contributed by atoms with Crippen molar-refractivity contribution >= 4 is 21.5 Å². The van der Waals surface area contributed by atoms with E-state index in [9.17, 15) is 5.11 Å². The highest BCUT2D eigenvalue weighted by Crippen LogP contribution is 2.35. The van der Waals surface area contributed by atoms with Crippen LogP contribution in [-0.4, -0.2) is 5.11 Å². The SMILES string of the molecule is C.Cc1cccc2cc3ccccc3c(O)c12. The molecule has 1 nitrogen and oxygen atoms in total. The van der Waals surface area contributed by atoms with E-state index >= 15 is 0 Å². The van der Waals surface area contributed by atoms with Gasteiger partial charge in [0, 0.05) is 10.8 Å². The van der Waals surface area contributed by atoms with Gasteiger partial charge in [0.2, 0.25) is 0 Å². The van der Waals surface area contributed by atoms with Crippen LogP contribution in [0.4, 0.5) is 0 Å². The molecule has 0 amide bonds. The Morgan fingerprint density at radius 1 is 0.882 bits per heavy atom. The van der Waals surface area contributed by atoms with Gasteiger partial charge in [0.05, 0.1) is 0 Å². The van der Waals surface area contributed by atoms with E-state index in [1.807, 2.05) is 49.4 Å². The van der Waals surface area contributed by atoms with Crippen LogP contribution in [0.15, 0.2) is 48.5 Å². The second-order valence-corrected chi connectivity index (χ2v) is 4.12. The van der Waals surface area contributed by atoms with E-state index in [1.54, 1.807) is 0 Å². The molecule has 0 aromatic heterocycles. The summed E-state index contributed by atoms with van der Waals surface area (Å²) in [5.74, 6) is 0.395. The fraction of sp³-hybridized carbons (Fsp3) is 0.125. The van der Waals surface area contributed by atoms with Crippen LogP contribution in [0.2, 0.25) is 0 Å². The smallest absolute Gasteiger partial charge is 0.131 e. The summed E-state index contributed by atoms with van der Waals surface area (Å²) in [5, 5.41) is 14.3. The van der Waals surface area contributed by atoms with E-state index in [1.165, 1.54) is 0 Å².